The van der Waals surface area contributed by atoms with E-state index in [1.54, 1.807) is 24.3 Å². The van der Waals surface area contributed by atoms with Gasteiger partial charge in [-0.2, -0.15) is 0 Å². The molecule has 1 rings (SSSR count). The standard InChI is InChI=1S/C7H6O2.Ba.2H/c8-6-9-7-4-2-1-3-5-7;;;/h1-6H;;;. The summed E-state index contributed by atoms with van der Waals surface area (Å²) in [5.74, 6) is 0.576. The van der Waals surface area contributed by atoms with Gasteiger partial charge < -0.3 is 4.74 Å². The van der Waals surface area contributed by atoms with E-state index in [9.17, 15) is 4.79 Å². The average Bonchev–Trinajstić information content (AvgIpc) is 1.91. The van der Waals surface area contributed by atoms with Crippen LogP contribution in [0.4, 0.5) is 0 Å². The Hall–Kier alpha value is 0.261. The third-order valence-corrected chi connectivity index (χ3v) is 0.927. The van der Waals surface area contributed by atoms with Crippen LogP contribution in [0.5, 0.6) is 5.75 Å². The molecule has 0 radical (unpaired) electrons. The fourth-order valence-corrected chi connectivity index (χ4v) is 0.555. The van der Waals surface area contributed by atoms with Crippen LogP contribution in [0.2, 0.25) is 0 Å². The number of hydrogen-bond donors (Lipinski definition) is 0. The third kappa shape index (κ3) is 3.43. The van der Waals surface area contributed by atoms with Gasteiger partial charge in [0.15, 0.2) is 0 Å². The zero-order valence-electron chi connectivity index (χ0n) is 4.78. The quantitative estimate of drug-likeness (QED) is 0.566. The van der Waals surface area contributed by atoms with E-state index in [1.807, 2.05) is 6.07 Å². The van der Waals surface area contributed by atoms with Crippen LogP contribution in [0.15, 0.2) is 30.3 Å². The molecule has 2 nitrogen and oxygen atoms in total. The molecule has 0 spiro atoms. The summed E-state index contributed by atoms with van der Waals surface area (Å²) < 4.78 is 4.53. The van der Waals surface area contributed by atoms with Crippen molar-refractivity contribution in [1.82, 2.24) is 0 Å². The van der Waals surface area contributed by atoms with E-state index in [-0.39, 0.29) is 48.9 Å². The molecule has 50 valence electrons. The van der Waals surface area contributed by atoms with Gasteiger partial charge in [0.1, 0.15) is 5.75 Å². The number of hydrogen-bond acceptors (Lipinski definition) is 2. The van der Waals surface area contributed by atoms with Gasteiger partial charge in [0.25, 0.3) is 6.47 Å². The fourth-order valence-electron chi connectivity index (χ4n) is 0.555. The Bertz CT molecular complexity index is 186. The summed E-state index contributed by atoms with van der Waals surface area (Å²) in [6, 6.07) is 8.90. The van der Waals surface area contributed by atoms with E-state index in [1.165, 1.54) is 0 Å². The predicted octanol–water partition coefficient (Wildman–Crippen LogP) is 0.306. The summed E-state index contributed by atoms with van der Waals surface area (Å²) in [5, 5.41) is 0. The Morgan fingerprint density at radius 2 is 1.80 bits per heavy atom. The van der Waals surface area contributed by atoms with Gasteiger partial charge in [-0.1, -0.05) is 18.2 Å². The van der Waals surface area contributed by atoms with Crippen LogP contribution in [0.3, 0.4) is 0 Å². The second kappa shape index (κ2) is 6.00. The maximum atomic E-state index is 9.75. The Morgan fingerprint density at radius 3 is 2.30 bits per heavy atom. The normalized spacial score (nSPS) is 7.60. The monoisotopic (exact) mass is 262 g/mol. The van der Waals surface area contributed by atoms with Crippen molar-refractivity contribution >= 4 is 55.4 Å². The van der Waals surface area contributed by atoms with Crippen LogP contribution in [-0.4, -0.2) is 55.4 Å². The SMILES string of the molecule is O=COc1ccccc1.[BaH2]. The molecule has 0 saturated heterocycles. The van der Waals surface area contributed by atoms with Crippen molar-refractivity contribution in [2.24, 2.45) is 0 Å². The zero-order chi connectivity index (χ0) is 6.53. The van der Waals surface area contributed by atoms with Gasteiger partial charge in [0, 0.05) is 0 Å². The van der Waals surface area contributed by atoms with Crippen LogP contribution in [-0.2, 0) is 4.79 Å². The third-order valence-electron chi connectivity index (χ3n) is 0.927. The van der Waals surface area contributed by atoms with Crippen LogP contribution in [0.1, 0.15) is 0 Å². The first-order chi connectivity index (χ1) is 4.43. The first-order valence-corrected chi connectivity index (χ1v) is 2.59. The summed E-state index contributed by atoms with van der Waals surface area (Å²) >= 11 is 0. The molecule has 0 aliphatic carbocycles. The van der Waals surface area contributed by atoms with Gasteiger partial charge >= 0.3 is 48.9 Å². The molecule has 0 atom stereocenters. The van der Waals surface area contributed by atoms with E-state index >= 15 is 0 Å². The van der Waals surface area contributed by atoms with Crippen molar-refractivity contribution < 1.29 is 9.53 Å². The van der Waals surface area contributed by atoms with Gasteiger partial charge in [-0.05, 0) is 12.1 Å². The number of para-hydroxylation sites is 1. The van der Waals surface area contributed by atoms with Crippen LogP contribution in [0.25, 0.3) is 0 Å². The van der Waals surface area contributed by atoms with Gasteiger partial charge in [0.05, 0.1) is 0 Å². The molecule has 0 aliphatic heterocycles. The topological polar surface area (TPSA) is 26.3 Å². The first kappa shape index (κ1) is 10.3. The van der Waals surface area contributed by atoms with Crippen molar-refractivity contribution in [1.29, 1.82) is 0 Å². The van der Waals surface area contributed by atoms with E-state index < -0.39 is 0 Å². The summed E-state index contributed by atoms with van der Waals surface area (Å²) in [4.78, 5) is 9.75. The summed E-state index contributed by atoms with van der Waals surface area (Å²) in [6.45, 7) is 0.412. The molecule has 0 aromatic heterocycles. The van der Waals surface area contributed by atoms with E-state index in [4.69, 9.17) is 0 Å². The average molecular weight is 261 g/mol. The van der Waals surface area contributed by atoms with Gasteiger partial charge in [-0.25, -0.2) is 0 Å². The number of carbonyl (C=O) groups excluding carboxylic acids is 1. The summed E-state index contributed by atoms with van der Waals surface area (Å²) in [7, 11) is 0. The summed E-state index contributed by atoms with van der Waals surface area (Å²) in [6.07, 6.45) is 0. The van der Waals surface area contributed by atoms with Gasteiger partial charge in [0.2, 0.25) is 0 Å². The number of carbonyl (C=O) groups is 1. The molecule has 0 N–H and O–H groups in total. The van der Waals surface area contributed by atoms with Crippen molar-refractivity contribution in [2.75, 3.05) is 0 Å². The van der Waals surface area contributed by atoms with Gasteiger partial charge in [-0.3, -0.25) is 4.79 Å². The van der Waals surface area contributed by atoms with Gasteiger partial charge in [-0.15, -0.1) is 0 Å². The minimum atomic E-state index is 0. The van der Waals surface area contributed by atoms with Crippen molar-refractivity contribution in [3.05, 3.63) is 30.3 Å². The van der Waals surface area contributed by atoms with Crippen LogP contribution < -0.4 is 4.74 Å². The zero-order valence-corrected chi connectivity index (χ0v) is 4.78. The van der Waals surface area contributed by atoms with Crippen LogP contribution in [0, 0.1) is 0 Å². The molecule has 0 bridgehead atoms. The van der Waals surface area contributed by atoms with Crippen molar-refractivity contribution in [2.45, 2.75) is 0 Å². The molecular formula is C7H8BaO2. The molecule has 0 unspecified atom stereocenters. The second-order valence-electron chi connectivity index (χ2n) is 1.53. The maximum absolute atomic E-state index is 9.75. The molecule has 1 aromatic carbocycles. The molecular weight excluding hydrogens is 253 g/mol. The molecule has 0 heterocycles. The molecule has 0 fully saturated rings. The summed E-state index contributed by atoms with van der Waals surface area (Å²) in [5.41, 5.74) is 0. The number of benzene rings is 1. The van der Waals surface area contributed by atoms with Crippen molar-refractivity contribution in [3.63, 3.8) is 0 Å². The molecule has 3 heteroatoms. The fraction of sp³-hybridized carbons (Fsp3) is 0. The van der Waals surface area contributed by atoms with E-state index in [0.717, 1.165) is 0 Å². The minimum absolute atomic E-state index is 0. The van der Waals surface area contributed by atoms with Crippen LogP contribution >= 0.6 is 0 Å². The van der Waals surface area contributed by atoms with E-state index in [2.05, 4.69) is 4.74 Å². The molecule has 10 heavy (non-hydrogen) atoms. The number of rotatable bonds is 2. The Kier molecular flexibility index (Phi) is 6.16. The second-order valence-corrected chi connectivity index (χ2v) is 1.53. The molecule has 0 aliphatic rings. The Morgan fingerprint density at radius 1 is 1.20 bits per heavy atom. The molecule has 0 saturated carbocycles. The molecule has 0 amide bonds. The van der Waals surface area contributed by atoms with E-state index in [0.29, 0.717) is 12.2 Å². The number of ether oxygens (including phenoxy) is 1. The Balaban J connectivity index is 0.000000810. The Labute approximate surface area is 99.6 Å². The first-order valence-electron chi connectivity index (χ1n) is 2.59. The molecule has 1 aromatic rings. The predicted molar refractivity (Wildman–Crippen MR) is 41.7 cm³/mol. The van der Waals surface area contributed by atoms with Crippen molar-refractivity contribution in [3.8, 4) is 5.75 Å².